The van der Waals surface area contributed by atoms with Crippen LogP contribution < -0.4 is 4.74 Å². The van der Waals surface area contributed by atoms with Crippen molar-refractivity contribution in [2.45, 2.75) is 10.7 Å². The fraction of sp³-hybridized carbons (Fsp3) is 0.167. The zero-order valence-electron chi connectivity index (χ0n) is 11.0. The number of imidazole rings is 1. The lowest BCUT2D eigenvalue weighted by atomic mass is 10.1. The SMILES string of the molecule is CS(=O)c1nn2c(-c3cccc(OC(F)(F)F)c3)cnc2s1. The zero-order chi connectivity index (χ0) is 15.9. The first-order valence-electron chi connectivity index (χ1n) is 5.88. The van der Waals surface area contributed by atoms with Gasteiger partial charge in [-0.15, -0.1) is 18.3 Å². The quantitative estimate of drug-likeness (QED) is 0.731. The summed E-state index contributed by atoms with van der Waals surface area (Å²) in [7, 11) is -1.25. The van der Waals surface area contributed by atoms with Crippen molar-refractivity contribution >= 4 is 27.1 Å². The van der Waals surface area contributed by atoms with E-state index in [0.717, 1.165) is 11.3 Å². The van der Waals surface area contributed by atoms with Crippen LogP contribution in [0.2, 0.25) is 0 Å². The fourth-order valence-corrected chi connectivity index (χ4v) is 3.34. The van der Waals surface area contributed by atoms with Gasteiger partial charge in [0, 0.05) is 11.8 Å². The molecule has 0 bridgehead atoms. The van der Waals surface area contributed by atoms with E-state index >= 15 is 0 Å². The second kappa shape index (κ2) is 5.36. The number of hydrogen-bond donors (Lipinski definition) is 0. The molecule has 2 heterocycles. The molecule has 0 N–H and O–H groups in total. The highest BCUT2D eigenvalue weighted by atomic mass is 32.2. The van der Waals surface area contributed by atoms with Crippen molar-refractivity contribution in [3.8, 4) is 17.0 Å². The van der Waals surface area contributed by atoms with Crippen LogP contribution in [-0.4, -0.2) is 31.4 Å². The first kappa shape index (κ1) is 15.0. The van der Waals surface area contributed by atoms with Gasteiger partial charge in [0.05, 0.1) is 22.7 Å². The topological polar surface area (TPSA) is 56.5 Å². The first-order chi connectivity index (χ1) is 10.3. The second-order valence-electron chi connectivity index (χ2n) is 4.24. The minimum Gasteiger partial charge on any atom is -0.406 e. The van der Waals surface area contributed by atoms with Gasteiger partial charge in [0.15, 0.2) is 0 Å². The van der Waals surface area contributed by atoms with E-state index in [1.807, 2.05) is 0 Å². The second-order valence-corrected chi connectivity index (χ2v) is 6.74. The summed E-state index contributed by atoms with van der Waals surface area (Å²) in [6.07, 6.45) is -1.76. The molecule has 1 atom stereocenters. The molecule has 0 saturated heterocycles. The zero-order valence-corrected chi connectivity index (χ0v) is 12.6. The van der Waals surface area contributed by atoms with Crippen LogP contribution in [0.4, 0.5) is 13.2 Å². The summed E-state index contributed by atoms with van der Waals surface area (Å²) in [6, 6.07) is 5.53. The molecule has 0 aliphatic carbocycles. The highest BCUT2D eigenvalue weighted by Gasteiger charge is 2.31. The number of benzene rings is 1. The monoisotopic (exact) mass is 347 g/mol. The van der Waals surface area contributed by atoms with Crippen LogP contribution in [0.25, 0.3) is 16.2 Å². The maximum atomic E-state index is 12.3. The molecule has 0 spiro atoms. The highest BCUT2D eigenvalue weighted by molar-refractivity contribution is 7.86. The van der Waals surface area contributed by atoms with Crippen molar-refractivity contribution in [3.05, 3.63) is 30.5 Å². The molecule has 1 aromatic carbocycles. The lowest BCUT2D eigenvalue weighted by Crippen LogP contribution is -2.17. The van der Waals surface area contributed by atoms with Gasteiger partial charge in [-0.25, -0.2) is 9.50 Å². The third-order valence-corrected chi connectivity index (χ3v) is 4.92. The van der Waals surface area contributed by atoms with Crippen molar-refractivity contribution in [2.24, 2.45) is 0 Å². The Labute approximate surface area is 128 Å². The largest absolute Gasteiger partial charge is 0.573 e. The van der Waals surface area contributed by atoms with Crippen molar-refractivity contribution in [1.82, 2.24) is 14.6 Å². The van der Waals surface area contributed by atoms with Crippen molar-refractivity contribution in [1.29, 1.82) is 0 Å². The molecular weight excluding hydrogens is 339 g/mol. The molecule has 0 saturated carbocycles. The molecule has 3 aromatic rings. The van der Waals surface area contributed by atoms with E-state index in [2.05, 4.69) is 14.8 Å². The predicted octanol–water partition coefficient (Wildman–Crippen LogP) is 3.09. The third kappa shape index (κ3) is 2.97. The normalized spacial score (nSPS) is 13.5. The van der Waals surface area contributed by atoms with Gasteiger partial charge in [-0.3, -0.25) is 4.21 Å². The molecule has 0 radical (unpaired) electrons. The maximum absolute atomic E-state index is 12.3. The van der Waals surface area contributed by atoms with Gasteiger partial charge in [-0.2, -0.15) is 0 Å². The number of aromatic nitrogens is 3. The average Bonchev–Trinajstić information content (AvgIpc) is 2.96. The fourth-order valence-electron chi connectivity index (χ4n) is 1.84. The number of alkyl halides is 3. The lowest BCUT2D eigenvalue weighted by Gasteiger charge is -2.09. The molecule has 0 aliphatic rings. The van der Waals surface area contributed by atoms with Crippen LogP contribution in [0.1, 0.15) is 0 Å². The van der Waals surface area contributed by atoms with Crippen molar-refractivity contribution in [3.63, 3.8) is 0 Å². The Hall–Kier alpha value is -1.94. The Balaban J connectivity index is 2.04. The van der Waals surface area contributed by atoms with Crippen molar-refractivity contribution < 1.29 is 22.1 Å². The smallest absolute Gasteiger partial charge is 0.406 e. The van der Waals surface area contributed by atoms with Crippen LogP contribution in [0.15, 0.2) is 34.8 Å². The standard InChI is InChI=1S/C12H8F3N3O2S2/c1-22(19)11-17-18-9(6-16-10(18)21-11)7-3-2-4-8(5-7)20-12(13,14)15/h2-6H,1H3. The van der Waals surface area contributed by atoms with E-state index in [0.29, 0.717) is 20.6 Å². The van der Waals surface area contributed by atoms with Gasteiger partial charge < -0.3 is 4.74 Å². The van der Waals surface area contributed by atoms with Crippen LogP contribution in [0.3, 0.4) is 0 Å². The van der Waals surface area contributed by atoms with Crippen LogP contribution in [0, 0.1) is 0 Å². The Morgan fingerprint density at radius 2 is 2.14 bits per heavy atom. The van der Waals surface area contributed by atoms with Gasteiger partial charge in [0.2, 0.25) is 9.30 Å². The van der Waals surface area contributed by atoms with Gasteiger partial charge in [-0.1, -0.05) is 23.5 Å². The van der Waals surface area contributed by atoms with E-state index in [9.17, 15) is 17.4 Å². The summed E-state index contributed by atoms with van der Waals surface area (Å²) in [5, 5.41) is 4.16. The maximum Gasteiger partial charge on any atom is 0.573 e. The Morgan fingerprint density at radius 3 is 2.82 bits per heavy atom. The molecule has 22 heavy (non-hydrogen) atoms. The average molecular weight is 347 g/mol. The molecule has 116 valence electrons. The molecule has 0 fully saturated rings. The molecular formula is C12H8F3N3O2S2. The minimum absolute atomic E-state index is 0.325. The minimum atomic E-state index is -4.75. The Morgan fingerprint density at radius 1 is 1.36 bits per heavy atom. The summed E-state index contributed by atoms with van der Waals surface area (Å²) < 4.78 is 54.0. The van der Waals surface area contributed by atoms with Crippen molar-refractivity contribution in [2.75, 3.05) is 6.26 Å². The van der Waals surface area contributed by atoms with Gasteiger partial charge in [0.1, 0.15) is 5.75 Å². The molecule has 2 aromatic heterocycles. The van der Waals surface area contributed by atoms with E-state index in [4.69, 9.17) is 0 Å². The predicted molar refractivity (Wildman–Crippen MR) is 75.3 cm³/mol. The molecule has 5 nitrogen and oxygen atoms in total. The number of halogens is 3. The summed E-state index contributed by atoms with van der Waals surface area (Å²) in [6.45, 7) is 0. The number of hydrogen-bond acceptors (Lipinski definition) is 5. The lowest BCUT2D eigenvalue weighted by molar-refractivity contribution is -0.274. The number of nitrogens with zero attached hydrogens (tertiary/aromatic N) is 3. The van der Waals surface area contributed by atoms with E-state index in [1.54, 1.807) is 6.07 Å². The Bertz CT molecular complexity index is 857. The van der Waals surface area contributed by atoms with Crippen LogP contribution >= 0.6 is 11.3 Å². The first-order valence-corrected chi connectivity index (χ1v) is 8.25. The molecule has 0 aliphatic heterocycles. The molecule has 0 amide bonds. The third-order valence-electron chi connectivity index (χ3n) is 2.68. The number of ether oxygens (including phenoxy) is 1. The van der Waals surface area contributed by atoms with Gasteiger partial charge in [0.25, 0.3) is 0 Å². The number of fused-ring (bicyclic) bond motifs is 1. The molecule has 10 heteroatoms. The highest BCUT2D eigenvalue weighted by Crippen LogP contribution is 2.29. The summed E-state index contributed by atoms with van der Waals surface area (Å²) in [5.74, 6) is -0.325. The van der Waals surface area contributed by atoms with E-state index < -0.39 is 17.2 Å². The summed E-state index contributed by atoms with van der Waals surface area (Å²) >= 11 is 1.16. The van der Waals surface area contributed by atoms with Gasteiger partial charge in [-0.05, 0) is 12.1 Å². The van der Waals surface area contributed by atoms with Crippen LogP contribution in [0.5, 0.6) is 5.75 Å². The van der Waals surface area contributed by atoms with Crippen LogP contribution in [-0.2, 0) is 10.8 Å². The number of rotatable bonds is 3. The van der Waals surface area contributed by atoms with E-state index in [1.165, 1.54) is 35.2 Å². The molecule has 1 unspecified atom stereocenters. The summed E-state index contributed by atoms with van der Waals surface area (Å²) in [5.41, 5.74) is 0.962. The Kier molecular flexibility index (Phi) is 3.65. The van der Waals surface area contributed by atoms with Gasteiger partial charge >= 0.3 is 6.36 Å². The summed E-state index contributed by atoms with van der Waals surface area (Å²) in [4.78, 5) is 4.64. The van der Waals surface area contributed by atoms with E-state index in [-0.39, 0.29) is 5.75 Å². The molecule has 3 rings (SSSR count).